The smallest absolute Gasteiger partial charge is 0.274 e. The van der Waals surface area contributed by atoms with Gasteiger partial charge in [0.1, 0.15) is 5.82 Å². The van der Waals surface area contributed by atoms with Crippen LogP contribution in [-0.4, -0.2) is 23.2 Å². The molecular weight excluding hydrogens is 369 g/mol. The van der Waals surface area contributed by atoms with Crippen LogP contribution >= 0.6 is 0 Å². The van der Waals surface area contributed by atoms with Gasteiger partial charge in [-0.05, 0) is 57.9 Å². The Morgan fingerprint density at radius 2 is 1.97 bits per heavy atom. The summed E-state index contributed by atoms with van der Waals surface area (Å²) in [7, 11) is 0. The maximum atomic E-state index is 14.9. The van der Waals surface area contributed by atoms with Gasteiger partial charge < -0.3 is 4.90 Å². The molecular formula is C23H26FN3O2. The zero-order valence-electron chi connectivity index (χ0n) is 17.5. The molecule has 152 valence electrons. The predicted molar refractivity (Wildman–Crippen MR) is 117 cm³/mol. The third-order valence-electron chi connectivity index (χ3n) is 5.29. The van der Waals surface area contributed by atoms with E-state index in [0.29, 0.717) is 16.8 Å². The van der Waals surface area contributed by atoms with Gasteiger partial charge in [-0.1, -0.05) is 19.1 Å². The van der Waals surface area contributed by atoms with E-state index in [1.807, 2.05) is 6.92 Å². The monoisotopic (exact) mass is 395 g/mol. The molecule has 0 saturated heterocycles. The van der Waals surface area contributed by atoms with Crippen molar-refractivity contribution < 1.29 is 9.31 Å². The molecule has 0 aromatic heterocycles. The Kier molecular flexibility index (Phi) is 5.55. The first-order chi connectivity index (χ1) is 13.6. The van der Waals surface area contributed by atoms with Gasteiger partial charge in [0.05, 0.1) is 16.1 Å². The van der Waals surface area contributed by atoms with Crippen LogP contribution < -0.4 is 4.90 Å². The van der Waals surface area contributed by atoms with E-state index in [2.05, 4.69) is 36.7 Å². The minimum absolute atomic E-state index is 0.00165. The number of aliphatic imine (C=N–C) groups is 1. The molecule has 0 atom stereocenters. The molecule has 1 aliphatic rings. The molecule has 2 aromatic carbocycles. The number of allylic oxidation sites excluding steroid dienone is 1. The number of benzene rings is 2. The maximum Gasteiger partial charge on any atom is 0.274 e. The van der Waals surface area contributed by atoms with Gasteiger partial charge in [0.15, 0.2) is 0 Å². The topological polar surface area (TPSA) is 58.7 Å². The second kappa shape index (κ2) is 7.78. The zero-order valence-corrected chi connectivity index (χ0v) is 17.5. The highest BCUT2D eigenvalue weighted by Crippen LogP contribution is 2.40. The van der Waals surface area contributed by atoms with Crippen molar-refractivity contribution in [2.45, 2.75) is 46.6 Å². The largest absolute Gasteiger partial charge is 0.362 e. The van der Waals surface area contributed by atoms with E-state index in [1.165, 1.54) is 12.3 Å². The summed E-state index contributed by atoms with van der Waals surface area (Å²) in [4.78, 5) is 17.2. The molecule has 0 aliphatic carbocycles. The Bertz CT molecular complexity index is 1030. The van der Waals surface area contributed by atoms with Gasteiger partial charge in [0.2, 0.25) is 0 Å². The third-order valence-corrected chi connectivity index (χ3v) is 5.29. The van der Waals surface area contributed by atoms with Crippen molar-refractivity contribution in [2.75, 3.05) is 11.4 Å². The Balaban J connectivity index is 2.01. The molecule has 3 rings (SSSR count). The Labute approximate surface area is 170 Å². The lowest BCUT2D eigenvalue weighted by Gasteiger charge is -2.43. The molecule has 0 bridgehead atoms. The SMILES string of the molecule is CCCN1c2cc(F)c(C=Nc3ccc(C)c([N+](=O)[O-])c3)cc2C(C)=CC1(C)C. The maximum absolute atomic E-state index is 14.9. The number of fused-ring (bicyclic) bond motifs is 1. The first-order valence-electron chi connectivity index (χ1n) is 9.74. The average molecular weight is 395 g/mol. The molecule has 29 heavy (non-hydrogen) atoms. The number of hydrogen-bond acceptors (Lipinski definition) is 4. The van der Waals surface area contributed by atoms with E-state index in [4.69, 9.17) is 0 Å². The van der Waals surface area contributed by atoms with Gasteiger partial charge in [-0.3, -0.25) is 15.1 Å². The second-order valence-electron chi connectivity index (χ2n) is 8.01. The summed E-state index contributed by atoms with van der Waals surface area (Å²) in [6, 6.07) is 8.11. The number of aryl methyl sites for hydroxylation is 1. The van der Waals surface area contributed by atoms with Crippen molar-refractivity contribution >= 4 is 28.8 Å². The van der Waals surface area contributed by atoms with E-state index < -0.39 is 4.92 Å². The standard InChI is InChI=1S/C23H26FN3O2/c1-6-9-26-22-12-20(24)17(10-19(22)16(3)13-23(26,4)5)14-25-18-8-7-15(2)21(11-18)27(28)29/h7-8,10-14H,6,9H2,1-5H3. The van der Waals surface area contributed by atoms with E-state index in [-0.39, 0.29) is 17.0 Å². The molecule has 6 heteroatoms. The van der Waals surface area contributed by atoms with Gasteiger partial charge in [-0.25, -0.2) is 4.39 Å². The lowest BCUT2D eigenvalue weighted by molar-refractivity contribution is -0.385. The van der Waals surface area contributed by atoms with Crippen molar-refractivity contribution in [3.05, 3.63) is 69.0 Å². The number of nitrogens with zero attached hydrogens (tertiary/aromatic N) is 3. The van der Waals surface area contributed by atoms with Crippen LogP contribution in [0, 0.1) is 22.9 Å². The van der Waals surface area contributed by atoms with Gasteiger partial charge in [-0.15, -0.1) is 0 Å². The quantitative estimate of drug-likeness (QED) is 0.344. The molecule has 0 radical (unpaired) electrons. The first kappa shape index (κ1) is 20.7. The van der Waals surface area contributed by atoms with Crippen LogP contribution in [0.3, 0.4) is 0 Å². The number of rotatable bonds is 5. The number of nitro groups is 1. The van der Waals surface area contributed by atoms with Crippen molar-refractivity contribution in [3.63, 3.8) is 0 Å². The van der Waals surface area contributed by atoms with E-state index in [0.717, 1.165) is 29.8 Å². The highest BCUT2D eigenvalue weighted by atomic mass is 19.1. The molecule has 0 unspecified atom stereocenters. The summed E-state index contributed by atoms with van der Waals surface area (Å²) in [5.74, 6) is -0.360. The van der Waals surface area contributed by atoms with Crippen molar-refractivity contribution in [1.29, 1.82) is 0 Å². The highest BCUT2D eigenvalue weighted by molar-refractivity contribution is 5.89. The summed E-state index contributed by atoms with van der Waals surface area (Å²) < 4.78 is 14.9. The summed E-state index contributed by atoms with van der Waals surface area (Å²) in [6.07, 6.45) is 4.60. The van der Waals surface area contributed by atoms with E-state index in [1.54, 1.807) is 31.2 Å². The molecule has 2 aromatic rings. The number of anilines is 1. The Morgan fingerprint density at radius 1 is 1.24 bits per heavy atom. The van der Waals surface area contributed by atoms with Crippen LogP contribution in [-0.2, 0) is 0 Å². The van der Waals surface area contributed by atoms with E-state index >= 15 is 0 Å². The summed E-state index contributed by atoms with van der Waals surface area (Å²) in [5.41, 5.74) is 4.12. The molecule has 0 N–H and O–H groups in total. The normalized spacial score (nSPS) is 15.4. The fourth-order valence-corrected chi connectivity index (χ4v) is 3.86. The summed E-state index contributed by atoms with van der Waals surface area (Å²) in [5, 5.41) is 11.1. The number of halogens is 1. The molecule has 1 aliphatic heterocycles. The number of hydrogen-bond donors (Lipinski definition) is 0. The van der Waals surface area contributed by atoms with Gasteiger partial charge in [-0.2, -0.15) is 0 Å². The molecule has 0 spiro atoms. The van der Waals surface area contributed by atoms with E-state index in [9.17, 15) is 14.5 Å². The third kappa shape index (κ3) is 4.06. The minimum atomic E-state index is -0.438. The van der Waals surface area contributed by atoms with Crippen LogP contribution in [0.15, 0.2) is 41.4 Å². The Morgan fingerprint density at radius 3 is 2.62 bits per heavy atom. The fraction of sp³-hybridized carbons (Fsp3) is 0.348. The summed E-state index contributed by atoms with van der Waals surface area (Å²) in [6.45, 7) is 10.9. The van der Waals surface area contributed by atoms with Crippen molar-refractivity contribution in [2.24, 2.45) is 4.99 Å². The molecule has 0 saturated carbocycles. The zero-order chi connectivity index (χ0) is 21.3. The molecule has 5 nitrogen and oxygen atoms in total. The van der Waals surface area contributed by atoms with Crippen LogP contribution in [0.1, 0.15) is 50.8 Å². The lowest BCUT2D eigenvalue weighted by Crippen LogP contribution is -2.45. The second-order valence-corrected chi connectivity index (χ2v) is 8.01. The van der Waals surface area contributed by atoms with Crippen LogP contribution in [0.5, 0.6) is 0 Å². The first-order valence-corrected chi connectivity index (χ1v) is 9.74. The molecule has 1 heterocycles. The predicted octanol–water partition coefficient (Wildman–Crippen LogP) is 6.20. The van der Waals surface area contributed by atoms with Crippen LogP contribution in [0.4, 0.5) is 21.5 Å². The minimum Gasteiger partial charge on any atom is -0.362 e. The van der Waals surface area contributed by atoms with Gasteiger partial charge in [0, 0.05) is 41.2 Å². The summed E-state index contributed by atoms with van der Waals surface area (Å²) >= 11 is 0. The highest BCUT2D eigenvalue weighted by Gasteiger charge is 2.31. The molecule has 0 fully saturated rings. The van der Waals surface area contributed by atoms with Crippen LogP contribution in [0.2, 0.25) is 0 Å². The molecule has 0 amide bonds. The fourth-order valence-electron chi connectivity index (χ4n) is 3.86. The van der Waals surface area contributed by atoms with Crippen molar-refractivity contribution in [3.8, 4) is 0 Å². The van der Waals surface area contributed by atoms with Gasteiger partial charge in [0.25, 0.3) is 5.69 Å². The van der Waals surface area contributed by atoms with Gasteiger partial charge >= 0.3 is 0 Å². The lowest BCUT2D eigenvalue weighted by atomic mass is 9.87. The average Bonchev–Trinajstić information content (AvgIpc) is 2.64. The number of nitro benzene ring substituents is 1. The van der Waals surface area contributed by atoms with Crippen LogP contribution in [0.25, 0.3) is 5.57 Å². The Hall–Kier alpha value is -3.02. The van der Waals surface area contributed by atoms with Crippen molar-refractivity contribution in [1.82, 2.24) is 0 Å².